The largest absolute Gasteiger partial charge is 0.305 e. The van der Waals surface area contributed by atoms with E-state index in [0.29, 0.717) is 16.9 Å². The molecule has 2 heterocycles. The predicted molar refractivity (Wildman–Crippen MR) is 103 cm³/mol. The van der Waals surface area contributed by atoms with E-state index in [0.717, 1.165) is 11.4 Å². The molecule has 8 nitrogen and oxygen atoms in total. The fourth-order valence-electron chi connectivity index (χ4n) is 2.52. The highest BCUT2D eigenvalue weighted by atomic mass is 32.2. The maximum Gasteiger partial charge on any atom is 0.305 e. The highest BCUT2D eigenvalue weighted by Crippen LogP contribution is 2.29. The Kier molecular flexibility index (Phi) is 5.22. The van der Waals surface area contributed by atoms with Crippen LogP contribution in [0, 0.1) is 10.1 Å². The van der Waals surface area contributed by atoms with Gasteiger partial charge in [0.1, 0.15) is 12.4 Å². The van der Waals surface area contributed by atoms with Crippen LogP contribution >= 0.6 is 11.8 Å². The van der Waals surface area contributed by atoms with Gasteiger partial charge in [0.2, 0.25) is 0 Å². The van der Waals surface area contributed by atoms with E-state index in [1.54, 1.807) is 0 Å². The van der Waals surface area contributed by atoms with Crippen molar-refractivity contribution in [3.8, 4) is 11.4 Å². The molecule has 0 unspecified atom stereocenters. The van der Waals surface area contributed by atoms with Crippen LogP contribution in [0.15, 0.2) is 47.0 Å². The number of nitrogens with zero attached hydrogens (tertiary/aromatic N) is 6. The van der Waals surface area contributed by atoms with Crippen molar-refractivity contribution in [3.63, 3.8) is 0 Å². The lowest BCUT2D eigenvalue weighted by Crippen LogP contribution is -2.10. The molecule has 0 aliphatic heterocycles. The van der Waals surface area contributed by atoms with E-state index in [1.807, 2.05) is 23.6 Å². The van der Waals surface area contributed by atoms with Crippen molar-refractivity contribution in [3.05, 3.63) is 52.3 Å². The third kappa shape index (κ3) is 4.13. The smallest absolute Gasteiger partial charge is 0.302 e. The Labute approximate surface area is 161 Å². The second kappa shape index (κ2) is 7.43. The van der Waals surface area contributed by atoms with Crippen LogP contribution in [0.4, 0.5) is 5.69 Å². The van der Waals surface area contributed by atoms with E-state index in [9.17, 15) is 10.1 Å². The summed E-state index contributed by atoms with van der Waals surface area (Å²) in [5, 5.41) is 20.3. The molecule has 0 radical (unpaired) electrons. The molecule has 0 amide bonds. The quantitative estimate of drug-likeness (QED) is 0.371. The van der Waals surface area contributed by atoms with Crippen LogP contribution in [-0.2, 0) is 12.0 Å². The van der Waals surface area contributed by atoms with Crippen molar-refractivity contribution in [2.75, 3.05) is 0 Å². The Morgan fingerprint density at radius 1 is 1.11 bits per heavy atom. The standard InChI is InChI=1S/C18H20N6O2S/c1-5-23-15(12-6-8-13(9-7-12)18(2,3)4)21-22-17(23)27-16-19-10-14(11-20-16)24(25)26/h6-11H,5H2,1-4H3. The molecule has 0 fully saturated rings. The molecule has 0 aliphatic carbocycles. The molecule has 140 valence electrons. The van der Waals surface area contributed by atoms with Crippen molar-refractivity contribution < 1.29 is 4.92 Å². The highest BCUT2D eigenvalue weighted by Gasteiger charge is 2.18. The SMILES string of the molecule is CCn1c(Sc2ncc([N+](=O)[O-])cn2)nnc1-c1ccc(C(C)(C)C)cc1. The Morgan fingerprint density at radius 3 is 2.26 bits per heavy atom. The second-order valence-corrected chi connectivity index (χ2v) is 7.90. The summed E-state index contributed by atoms with van der Waals surface area (Å²) in [4.78, 5) is 18.2. The molecule has 3 aromatic rings. The normalized spacial score (nSPS) is 11.6. The van der Waals surface area contributed by atoms with Crippen molar-refractivity contribution in [1.82, 2.24) is 24.7 Å². The summed E-state index contributed by atoms with van der Waals surface area (Å²) in [7, 11) is 0. The van der Waals surface area contributed by atoms with Crippen LogP contribution in [0.5, 0.6) is 0 Å². The van der Waals surface area contributed by atoms with Gasteiger partial charge < -0.3 is 4.57 Å². The molecule has 0 spiro atoms. The maximum absolute atomic E-state index is 10.7. The third-order valence-corrected chi connectivity index (χ3v) is 4.93. The lowest BCUT2D eigenvalue weighted by atomic mass is 9.87. The first-order valence-electron chi connectivity index (χ1n) is 8.48. The van der Waals surface area contributed by atoms with E-state index in [2.05, 4.69) is 53.1 Å². The minimum atomic E-state index is -0.525. The first-order valence-corrected chi connectivity index (χ1v) is 9.29. The molecular formula is C18H20N6O2S. The van der Waals surface area contributed by atoms with Gasteiger partial charge in [-0.15, -0.1) is 10.2 Å². The topological polar surface area (TPSA) is 99.6 Å². The number of aromatic nitrogens is 5. The molecule has 0 saturated carbocycles. The zero-order valence-corrected chi connectivity index (χ0v) is 16.4. The number of hydrogen-bond acceptors (Lipinski definition) is 7. The van der Waals surface area contributed by atoms with Gasteiger partial charge in [-0.3, -0.25) is 10.1 Å². The molecule has 0 N–H and O–H groups in total. The zero-order valence-electron chi connectivity index (χ0n) is 15.6. The number of nitro groups is 1. The second-order valence-electron chi connectivity index (χ2n) is 6.96. The van der Waals surface area contributed by atoms with Crippen LogP contribution in [0.1, 0.15) is 33.3 Å². The predicted octanol–water partition coefficient (Wildman–Crippen LogP) is 4.11. The van der Waals surface area contributed by atoms with Crippen LogP contribution in [0.2, 0.25) is 0 Å². The maximum atomic E-state index is 10.7. The molecule has 3 rings (SSSR count). The van der Waals surface area contributed by atoms with E-state index in [1.165, 1.54) is 29.7 Å². The first-order chi connectivity index (χ1) is 12.8. The summed E-state index contributed by atoms with van der Waals surface area (Å²) in [6.07, 6.45) is 2.38. The van der Waals surface area contributed by atoms with Crippen LogP contribution in [0.3, 0.4) is 0 Å². The van der Waals surface area contributed by atoms with Gasteiger partial charge in [-0.2, -0.15) is 0 Å². The summed E-state index contributed by atoms with van der Waals surface area (Å²) < 4.78 is 1.97. The molecule has 9 heteroatoms. The minimum Gasteiger partial charge on any atom is -0.302 e. The summed E-state index contributed by atoms with van der Waals surface area (Å²) >= 11 is 1.23. The summed E-state index contributed by atoms with van der Waals surface area (Å²) in [5.74, 6) is 0.766. The lowest BCUT2D eigenvalue weighted by Gasteiger charge is -2.19. The Morgan fingerprint density at radius 2 is 1.74 bits per heavy atom. The van der Waals surface area contributed by atoms with Gasteiger partial charge in [0.05, 0.1) is 4.92 Å². The molecule has 1 aromatic carbocycles. The minimum absolute atomic E-state index is 0.0885. The van der Waals surface area contributed by atoms with Crippen molar-refractivity contribution >= 4 is 17.4 Å². The number of rotatable bonds is 5. The van der Waals surface area contributed by atoms with Gasteiger partial charge in [0.15, 0.2) is 16.1 Å². The molecule has 0 atom stereocenters. The van der Waals surface area contributed by atoms with Crippen molar-refractivity contribution in [2.45, 2.75) is 50.0 Å². The molecule has 0 saturated heterocycles. The zero-order chi connectivity index (χ0) is 19.6. The van der Waals surface area contributed by atoms with Gasteiger partial charge in [-0.1, -0.05) is 45.0 Å². The van der Waals surface area contributed by atoms with Crippen molar-refractivity contribution in [2.24, 2.45) is 0 Å². The average molecular weight is 384 g/mol. The van der Waals surface area contributed by atoms with Gasteiger partial charge in [0, 0.05) is 12.1 Å². The fourth-order valence-corrected chi connectivity index (χ4v) is 3.30. The lowest BCUT2D eigenvalue weighted by molar-refractivity contribution is -0.385. The van der Waals surface area contributed by atoms with Gasteiger partial charge in [-0.05, 0) is 29.7 Å². The molecular weight excluding hydrogens is 364 g/mol. The molecule has 0 aliphatic rings. The number of benzene rings is 1. The van der Waals surface area contributed by atoms with E-state index >= 15 is 0 Å². The van der Waals surface area contributed by atoms with Crippen LogP contribution in [0.25, 0.3) is 11.4 Å². The van der Waals surface area contributed by atoms with Gasteiger partial charge in [-0.25, -0.2) is 9.97 Å². The van der Waals surface area contributed by atoms with E-state index in [-0.39, 0.29) is 11.1 Å². The van der Waals surface area contributed by atoms with Crippen molar-refractivity contribution in [1.29, 1.82) is 0 Å². The van der Waals surface area contributed by atoms with Crippen LogP contribution < -0.4 is 0 Å². The number of hydrogen-bond donors (Lipinski definition) is 0. The van der Waals surface area contributed by atoms with E-state index < -0.39 is 4.92 Å². The summed E-state index contributed by atoms with van der Waals surface area (Å²) in [6, 6.07) is 8.31. The third-order valence-electron chi connectivity index (χ3n) is 4.05. The molecule has 2 aromatic heterocycles. The fraction of sp³-hybridized carbons (Fsp3) is 0.333. The van der Waals surface area contributed by atoms with Crippen LogP contribution in [-0.4, -0.2) is 29.7 Å². The average Bonchev–Trinajstić information content (AvgIpc) is 3.04. The van der Waals surface area contributed by atoms with E-state index in [4.69, 9.17) is 0 Å². The molecule has 0 bridgehead atoms. The summed E-state index contributed by atoms with van der Waals surface area (Å²) in [5.41, 5.74) is 2.18. The molecule has 27 heavy (non-hydrogen) atoms. The Balaban J connectivity index is 1.87. The van der Waals surface area contributed by atoms with Gasteiger partial charge in [0.25, 0.3) is 0 Å². The monoisotopic (exact) mass is 384 g/mol. The summed E-state index contributed by atoms with van der Waals surface area (Å²) in [6.45, 7) is 9.22. The Bertz CT molecular complexity index is 945. The van der Waals surface area contributed by atoms with Gasteiger partial charge >= 0.3 is 5.69 Å². The first kappa shape index (κ1) is 19.0. The Hall–Kier alpha value is -2.81. The highest BCUT2D eigenvalue weighted by molar-refractivity contribution is 7.99.